The quantitative estimate of drug-likeness (QED) is 0.351. The Labute approximate surface area is 205 Å². The van der Waals surface area contributed by atoms with E-state index in [0.717, 1.165) is 37.3 Å². The maximum atomic E-state index is 14.3. The average Bonchev–Trinajstić information content (AvgIpc) is 3.35. The van der Waals surface area contributed by atoms with Gasteiger partial charge in [0.05, 0.1) is 25.0 Å². The summed E-state index contributed by atoms with van der Waals surface area (Å²) in [5, 5.41) is 4.40. The van der Waals surface area contributed by atoms with E-state index < -0.39 is 5.92 Å². The monoisotopic (exact) mass is 497 g/mol. The molecule has 8 heteroatoms. The maximum Gasteiger partial charge on any atom is 0.286 e. The number of halogens is 2. The molecule has 1 heterocycles. The molecule has 0 aliphatic heterocycles. The molecule has 0 bridgehead atoms. The van der Waals surface area contributed by atoms with Crippen LogP contribution < -0.4 is 0 Å². The summed E-state index contributed by atoms with van der Waals surface area (Å²) in [7, 11) is 1.62. The van der Waals surface area contributed by atoms with Gasteiger partial charge in [-0.1, -0.05) is 6.92 Å². The summed E-state index contributed by atoms with van der Waals surface area (Å²) in [6.45, 7) is 3.60. The molecular formula is C25H31CrF2N2O3-. The zero-order valence-electron chi connectivity index (χ0n) is 19.4. The first-order valence-corrected chi connectivity index (χ1v) is 11.4. The average molecular weight is 498 g/mol. The topological polar surface area (TPSA) is 53.4 Å². The van der Waals surface area contributed by atoms with Gasteiger partial charge in [-0.2, -0.15) is 49.3 Å². The van der Waals surface area contributed by atoms with E-state index in [1.54, 1.807) is 7.11 Å². The molecule has 2 unspecified atom stereocenters. The van der Waals surface area contributed by atoms with Gasteiger partial charge in [-0.25, -0.2) is 0 Å². The molecule has 0 radical (unpaired) electrons. The maximum absolute atomic E-state index is 14.3. The second kappa shape index (κ2) is 10.8. The fourth-order valence-electron chi connectivity index (χ4n) is 4.77. The van der Waals surface area contributed by atoms with Crippen molar-refractivity contribution in [1.29, 1.82) is 0 Å². The first kappa shape index (κ1) is 26.0. The number of Topliss-reactive ketones (excluding diaryl/α,β-unsaturated/α-hetero) is 1. The second-order valence-corrected chi connectivity index (χ2v) is 9.14. The summed E-state index contributed by atoms with van der Waals surface area (Å²) < 4.78 is 40.9. The van der Waals surface area contributed by atoms with Crippen LogP contribution in [0.15, 0.2) is 24.3 Å². The zero-order valence-corrected chi connectivity index (χ0v) is 20.6. The Bertz CT molecular complexity index is 955. The van der Waals surface area contributed by atoms with Gasteiger partial charge in [0.15, 0.2) is 5.78 Å². The zero-order chi connectivity index (χ0) is 22.9. The van der Waals surface area contributed by atoms with Gasteiger partial charge in [-0.05, 0) is 37.7 Å². The van der Waals surface area contributed by atoms with Gasteiger partial charge in [0, 0.05) is 43.2 Å². The Kier molecular flexibility index (Phi) is 8.50. The van der Waals surface area contributed by atoms with Crippen molar-refractivity contribution < 1.29 is 40.4 Å². The van der Waals surface area contributed by atoms with E-state index in [2.05, 4.69) is 11.2 Å². The molecule has 180 valence electrons. The van der Waals surface area contributed by atoms with Crippen molar-refractivity contribution in [1.82, 2.24) is 9.78 Å². The SMILES string of the molecule is COCCO[C@@H]1CCC(C(=O)Cn2nc(C3CC3)cc2C(C)(F)F)C1c1[c-]c(C)ccc1.[Cr]. The molecular weight excluding hydrogens is 466 g/mol. The third-order valence-corrected chi connectivity index (χ3v) is 6.50. The van der Waals surface area contributed by atoms with E-state index in [4.69, 9.17) is 9.47 Å². The van der Waals surface area contributed by atoms with Crippen molar-refractivity contribution in [3.8, 4) is 0 Å². The second-order valence-electron chi connectivity index (χ2n) is 9.14. The number of rotatable bonds is 10. The van der Waals surface area contributed by atoms with Crippen LogP contribution in [0.25, 0.3) is 0 Å². The van der Waals surface area contributed by atoms with Crippen molar-refractivity contribution in [2.45, 2.75) is 69.9 Å². The molecule has 4 rings (SSSR count). The molecule has 3 atom stereocenters. The molecule has 1 aromatic heterocycles. The Hall–Kier alpha value is -1.59. The van der Waals surface area contributed by atoms with Gasteiger partial charge < -0.3 is 9.47 Å². The molecule has 2 fully saturated rings. The van der Waals surface area contributed by atoms with Crippen LogP contribution in [0.1, 0.15) is 67.0 Å². The molecule has 2 aromatic rings. The molecule has 33 heavy (non-hydrogen) atoms. The van der Waals surface area contributed by atoms with Crippen LogP contribution in [0, 0.1) is 18.9 Å². The van der Waals surface area contributed by atoms with Gasteiger partial charge in [0.1, 0.15) is 12.2 Å². The molecule has 0 N–H and O–H groups in total. The third-order valence-electron chi connectivity index (χ3n) is 6.50. The summed E-state index contributed by atoms with van der Waals surface area (Å²) in [6, 6.07) is 10.7. The van der Waals surface area contributed by atoms with Gasteiger partial charge in [-0.3, -0.25) is 9.48 Å². The van der Waals surface area contributed by atoms with Crippen LogP contribution in [0.4, 0.5) is 8.78 Å². The Morgan fingerprint density at radius 1 is 1.24 bits per heavy atom. The summed E-state index contributed by atoms with van der Waals surface area (Å²) in [5.41, 5.74) is 2.41. The van der Waals surface area contributed by atoms with Crippen LogP contribution in [0.2, 0.25) is 0 Å². The number of carbonyl (C=O) groups is 1. The molecule has 5 nitrogen and oxygen atoms in total. The molecule has 2 aliphatic carbocycles. The number of hydrogen-bond acceptors (Lipinski definition) is 4. The van der Waals surface area contributed by atoms with Crippen LogP contribution in [-0.4, -0.2) is 42.0 Å². The number of aryl methyl sites for hydroxylation is 1. The molecule has 1 aromatic carbocycles. The summed E-state index contributed by atoms with van der Waals surface area (Å²) in [6.07, 6.45) is 3.18. The predicted octanol–water partition coefficient (Wildman–Crippen LogP) is 4.77. The molecule has 2 saturated carbocycles. The fourth-order valence-corrected chi connectivity index (χ4v) is 4.77. The van der Waals surface area contributed by atoms with Crippen LogP contribution in [0.5, 0.6) is 0 Å². The number of aromatic nitrogens is 2. The standard InChI is InChI=1S/C25H31F2N2O3.Cr/c1-16-5-4-6-18(13-16)24-19(9-10-22(24)32-12-11-31-3)21(30)15-29-23(25(2,26)27)14-20(28-29)17-7-8-17;/h4-6,14,17,19,22,24H,7-12,15H2,1-3H3;/q-1;/t19?,22-,24?;/m1./s1. The predicted molar refractivity (Wildman–Crippen MR) is 116 cm³/mol. The number of methoxy groups -OCH3 is 1. The number of ether oxygens (including phenoxy) is 2. The van der Waals surface area contributed by atoms with Crippen molar-refractivity contribution in [3.05, 3.63) is 52.8 Å². The molecule has 0 amide bonds. The number of carbonyl (C=O) groups excluding carboxylic acids is 1. The summed E-state index contributed by atoms with van der Waals surface area (Å²) in [4.78, 5) is 13.4. The van der Waals surface area contributed by atoms with Crippen molar-refractivity contribution in [2.75, 3.05) is 20.3 Å². The summed E-state index contributed by atoms with van der Waals surface area (Å²) in [5.74, 6) is -3.38. The normalized spacial score (nSPS) is 22.9. The Morgan fingerprint density at radius 2 is 2.00 bits per heavy atom. The van der Waals surface area contributed by atoms with Gasteiger partial charge in [0.25, 0.3) is 5.92 Å². The van der Waals surface area contributed by atoms with Gasteiger partial charge in [0.2, 0.25) is 0 Å². The molecule has 0 spiro atoms. The van der Waals surface area contributed by atoms with Crippen LogP contribution in [-0.2, 0) is 44.1 Å². The number of nitrogens with zero attached hydrogens (tertiary/aromatic N) is 2. The van der Waals surface area contributed by atoms with E-state index in [-0.39, 0.29) is 59.2 Å². The minimum absolute atomic E-state index is 0. The number of benzene rings is 1. The molecule has 0 saturated heterocycles. The van der Waals surface area contributed by atoms with E-state index in [1.807, 2.05) is 25.1 Å². The third kappa shape index (κ3) is 6.11. The Balaban J connectivity index is 0.00000306. The van der Waals surface area contributed by atoms with E-state index in [9.17, 15) is 13.6 Å². The van der Waals surface area contributed by atoms with Crippen molar-refractivity contribution in [2.24, 2.45) is 5.92 Å². The molecule has 2 aliphatic rings. The fraction of sp³-hybridized carbons (Fsp3) is 0.600. The Morgan fingerprint density at radius 3 is 2.64 bits per heavy atom. The first-order valence-electron chi connectivity index (χ1n) is 11.4. The van der Waals surface area contributed by atoms with Crippen LogP contribution >= 0.6 is 0 Å². The number of alkyl halides is 2. The smallest absolute Gasteiger partial charge is 0.286 e. The number of ketones is 1. The van der Waals surface area contributed by atoms with E-state index >= 15 is 0 Å². The first-order chi connectivity index (χ1) is 15.3. The number of hydrogen-bond donors (Lipinski definition) is 0. The van der Waals surface area contributed by atoms with Crippen molar-refractivity contribution >= 4 is 5.78 Å². The van der Waals surface area contributed by atoms with Gasteiger partial charge in [-0.15, -0.1) is 0 Å². The summed E-state index contributed by atoms with van der Waals surface area (Å²) >= 11 is 0. The largest absolute Gasteiger partial charge is 0.382 e. The van der Waals surface area contributed by atoms with Crippen LogP contribution in [0.3, 0.4) is 0 Å². The van der Waals surface area contributed by atoms with E-state index in [1.165, 1.54) is 10.7 Å². The van der Waals surface area contributed by atoms with E-state index in [0.29, 0.717) is 25.3 Å². The minimum Gasteiger partial charge on any atom is -0.382 e. The minimum atomic E-state index is -3.05. The van der Waals surface area contributed by atoms with Gasteiger partial charge >= 0.3 is 0 Å². The van der Waals surface area contributed by atoms with Crippen molar-refractivity contribution in [3.63, 3.8) is 0 Å².